The van der Waals surface area contributed by atoms with E-state index in [0.717, 1.165) is 44.0 Å². The second-order valence-corrected chi connectivity index (χ2v) is 5.96. The number of hydrogen-bond donors (Lipinski definition) is 1. The van der Waals surface area contributed by atoms with Gasteiger partial charge in [0.2, 0.25) is 5.91 Å². The predicted octanol–water partition coefficient (Wildman–Crippen LogP) is 0.812. The first-order valence-electron chi connectivity index (χ1n) is 7.04. The summed E-state index contributed by atoms with van der Waals surface area (Å²) < 4.78 is 6.03. The van der Waals surface area contributed by atoms with Crippen molar-refractivity contribution in [2.45, 2.75) is 38.4 Å². The van der Waals surface area contributed by atoms with E-state index in [1.54, 1.807) is 0 Å². The standard InChI is InChI=1S/C13H18N4O2/c1-7-14-12(16-15-7)10-4-9-5-17(6-11(9)19-10)13(18)8-2-3-8/h8-11H,2-6H2,1H3,(H,14,15,16)/t9-,10-,11+/m0/s1. The fourth-order valence-electron chi connectivity index (χ4n) is 3.20. The van der Waals surface area contributed by atoms with Crippen LogP contribution >= 0.6 is 0 Å². The van der Waals surface area contributed by atoms with Crippen molar-refractivity contribution in [3.05, 3.63) is 11.6 Å². The molecule has 0 unspecified atom stereocenters. The van der Waals surface area contributed by atoms with E-state index < -0.39 is 0 Å². The third-order valence-corrected chi connectivity index (χ3v) is 4.38. The summed E-state index contributed by atoms with van der Waals surface area (Å²) in [5.41, 5.74) is 0. The molecule has 1 aromatic heterocycles. The number of amides is 1. The van der Waals surface area contributed by atoms with Gasteiger partial charge in [0.1, 0.15) is 11.9 Å². The number of aromatic amines is 1. The monoisotopic (exact) mass is 262 g/mol. The lowest BCUT2D eigenvalue weighted by molar-refractivity contribution is -0.132. The maximum atomic E-state index is 12.0. The molecule has 1 N–H and O–H groups in total. The minimum Gasteiger partial charge on any atom is -0.365 e. The van der Waals surface area contributed by atoms with Crippen molar-refractivity contribution in [1.29, 1.82) is 0 Å². The molecule has 102 valence electrons. The maximum absolute atomic E-state index is 12.0. The zero-order chi connectivity index (χ0) is 13.0. The van der Waals surface area contributed by atoms with Gasteiger partial charge in [0.15, 0.2) is 5.82 Å². The van der Waals surface area contributed by atoms with Gasteiger partial charge in [-0.25, -0.2) is 4.98 Å². The number of ether oxygens (including phenoxy) is 1. The Morgan fingerprint density at radius 1 is 1.42 bits per heavy atom. The molecule has 1 aromatic rings. The van der Waals surface area contributed by atoms with Gasteiger partial charge >= 0.3 is 0 Å². The molecule has 0 aromatic carbocycles. The van der Waals surface area contributed by atoms with Gasteiger partial charge in [-0.05, 0) is 26.2 Å². The normalized spacial score (nSPS) is 33.7. The summed E-state index contributed by atoms with van der Waals surface area (Å²) in [5, 5.41) is 7.03. The summed E-state index contributed by atoms with van der Waals surface area (Å²) in [6.07, 6.45) is 3.25. The molecule has 0 spiro atoms. The van der Waals surface area contributed by atoms with Crippen LogP contribution in [-0.4, -0.2) is 45.2 Å². The van der Waals surface area contributed by atoms with Gasteiger partial charge in [-0.3, -0.25) is 9.89 Å². The summed E-state index contributed by atoms with van der Waals surface area (Å²) in [4.78, 5) is 18.4. The van der Waals surface area contributed by atoms with Crippen molar-refractivity contribution >= 4 is 5.91 Å². The quantitative estimate of drug-likeness (QED) is 0.856. The van der Waals surface area contributed by atoms with Crippen molar-refractivity contribution in [3.63, 3.8) is 0 Å². The highest BCUT2D eigenvalue weighted by Crippen LogP contribution is 2.41. The van der Waals surface area contributed by atoms with E-state index in [1.807, 2.05) is 11.8 Å². The van der Waals surface area contributed by atoms with E-state index in [2.05, 4.69) is 15.2 Å². The number of nitrogens with zero attached hydrogens (tertiary/aromatic N) is 3. The third kappa shape index (κ3) is 1.94. The molecule has 0 bridgehead atoms. The van der Waals surface area contributed by atoms with Crippen LogP contribution in [0.1, 0.15) is 37.0 Å². The molecule has 2 aliphatic heterocycles. The van der Waals surface area contributed by atoms with Crippen molar-refractivity contribution in [1.82, 2.24) is 20.1 Å². The zero-order valence-corrected chi connectivity index (χ0v) is 11.0. The van der Waals surface area contributed by atoms with Crippen molar-refractivity contribution in [3.8, 4) is 0 Å². The smallest absolute Gasteiger partial charge is 0.225 e. The van der Waals surface area contributed by atoms with E-state index in [0.29, 0.717) is 17.7 Å². The average Bonchev–Trinajstić information content (AvgIpc) is 2.82. The maximum Gasteiger partial charge on any atom is 0.225 e. The number of nitrogens with one attached hydrogen (secondary N) is 1. The number of fused-ring (bicyclic) bond motifs is 1. The van der Waals surface area contributed by atoms with Gasteiger partial charge < -0.3 is 9.64 Å². The van der Waals surface area contributed by atoms with Crippen molar-refractivity contribution < 1.29 is 9.53 Å². The molecule has 3 heterocycles. The lowest BCUT2D eigenvalue weighted by Gasteiger charge is -2.18. The van der Waals surface area contributed by atoms with Crippen LogP contribution < -0.4 is 0 Å². The lowest BCUT2D eigenvalue weighted by atomic mass is 10.0. The molecule has 6 heteroatoms. The first kappa shape index (κ1) is 11.4. The van der Waals surface area contributed by atoms with Crippen molar-refractivity contribution in [2.24, 2.45) is 11.8 Å². The summed E-state index contributed by atoms with van der Waals surface area (Å²) in [5.74, 6) is 2.67. The topological polar surface area (TPSA) is 71.1 Å². The molecule has 1 aliphatic carbocycles. The number of hydrogen-bond acceptors (Lipinski definition) is 4. The lowest BCUT2D eigenvalue weighted by Crippen LogP contribution is -2.31. The second-order valence-electron chi connectivity index (χ2n) is 5.96. The van der Waals surface area contributed by atoms with Gasteiger partial charge in [-0.2, -0.15) is 5.10 Å². The SMILES string of the molecule is Cc1nc([C@@H]2C[C@H]3CN(C(=O)C4CC4)C[C@H]3O2)n[nH]1. The molecule has 1 saturated carbocycles. The van der Waals surface area contributed by atoms with Gasteiger partial charge in [0.05, 0.1) is 6.10 Å². The van der Waals surface area contributed by atoms with Crippen LogP contribution in [-0.2, 0) is 9.53 Å². The number of likely N-dealkylation sites (tertiary alicyclic amines) is 1. The Bertz CT molecular complexity index is 496. The van der Waals surface area contributed by atoms with Crippen LogP contribution in [0.4, 0.5) is 0 Å². The molecular weight excluding hydrogens is 244 g/mol. The van der Waals surface area contributed by atoms with Crippen LogP contribution in [0, 0.1) is 18.8 Å². The van der Waals surface area contributed by atoms with Crippen LogP contribution in [0.5, 0.6) is 0 Å². The van der Waals surface area contributed by atoms with E-state index in [4.69, 9.17) is 4.74 Å². The minimum absolute atomic E-state index is 0.00173. The Balaban J connectivity index is 1.41. The Labute approximate surface area is 111 Å². The van der Waals surface area contributed by atoms with E-state index >= 15 is 0 Å². The minimum atomic E-state index is -0.00173. The molecule has 3 atom stereocenters. The highest BCUT2D eigenvalue weighted by atomic mass is 16.5. The Morgan fingerprint density at radius 3 is 2.89 bits per heavy atom. The Morgan fingerprint density at radius 2 is 2.26 bits per heavy atom. The van der Waals surface area contributed by atoms with Crippen LogP contribution in [0.25, 0.3) is 0 Å². The molecule has 2 saturated heterocycles. The third-order valence-electron chi connectivity index (χ3n) is 4.38. The fraction of sp³-hybridized carbons (Fsp3) is 0.769. The van der Waals surface area contributed by atoms with Crippen LogP contribution in [0.3, 0.4) is 0 Å². The van der Waals surface area contributed by atoms with Crippen molar-refractivity contribution in [2.75, 3.05) is 13.1 Å². The van der Waals surface area contributed by atoms with E-state index in [-0.39, 0.29) is 12.2 Å². The summed E-state index contributed by atoms with van der Waals surface area (Å²) in [6.45, 7) is 3.49. The Kier molecular flexibility index (Phi) is 2.42. The van der Waals surface area contributed by atoms with E-state index in [1.165, 1.54) is 0 Å². The molecule has 3 fully saturated rings. The molecule has 19 heavy (non-hydrogen) atoms. The van der Waals surface area contributed by atoms with E-state index in [9.17, 15) is 4.79 Å². The number of carbonyl (C=O) groups excluding carboxylic acids is 1. The fourth-order valence-corrected chi connectivity index (χ4v) is 3.20. The highest BCUT2D eigenvalue weighted by molar-refractivity contribution is 5.81. The zero-order valence-electron chi connectivity index (χ0n) is 11.0. The molecule has 0 radical (unpaired) electrons. The molecular formula is C13H18N4O2. The first-order valence-corrected chi connectivity index (χ1v) is 7.04. The molecule has 3 aliphatic rings. The highest BCUT2D eigenvalue weighted by Gasteiger charge is 2.46. The Hall–Kier alpha value is -1.43. The van der Waals surface area contributed by atoms with Gasteiger partial charge in [0.25, 0.3) is 0 Å². The summed E-state index contributed by atoms with van der Waals surface area (Å²) in [7, 11) is 0. The van der Waals surface area contributed by atoms with Gasteiger partial charge in [-0.1, -0.05) is 0 Å². The van der Waals surface area contributed by atoms with Gasteiger partial charge in [-0.15, -0.1) is 0 Å². The largest absolute Gasteiger partial charge is 0.365 e. The van der Waals surface area contributed by atoms with Crippen LogP contribution in [0.2, 0.25) is 0 Å². The number of carbonyl (C=O) groups is 1. The predicted molar refractivity (Wildman–Crippen MR) is 66.1 cm³/mol. The second kappa shape index (κ2) is 4.03. The first-order chi connectivity index (χ1) is 9.20. The molecule has 1 amide bonds. The number of aryl methyl sites for hydroxylation is 1. The number of aromatic nitrogens is 3. The summed E-state index contributed by atoms with van der Waals surface area (Å²) >= 11 is 0. The number of rotatable bonds is 2. The molecule has 6 nitrogen and oxygen atoms in total. The molecule has 4 rings (SSSR count). The average molecular weight is 262 g/mol. The van der Waals surface area contributed by atoms with Gasteiger partial charge in [0, 0.05) is 24.9 Å². The number of H-pyrrole nitrogens is 1. The summed E-state index contributed by atoms with van der Waals surface area (Å²) in [6, 6.07) is 0. The van der Waals surface area contributed by atoms with Crippen LogP contribution in [0.15, 0.2) is 0 Å².